The molecule has 1 heterocycles. The Kier molecular flexibility index (Phi) is 4.88. The Labute approximate surface area is 120 Å². The van der Waals surface area contributed by atoms with Crippen LogP contribution in [0.2, 0.25) is 0 Å². The highest BCUT2D eigenvalue weighted by atomic mass is 32.1. The quantitative estimate of drug-likeness (QED) is 0.862. The molecule has 1 saturated heterocycles. The van der Waals surface area contributed by atoms with Crippen molar-refractivity contribution in [2.75, 3.05) is 19.7 Å². The van der Waals surface area contributed by atoms with Crippen LogP contribution < -0.4 is 0 Å². The predicted octanol–water partition coefficient (Wildman–Crippen LogP) is 2.92. The van der Waals surface area contributed by atoms with Gasteiger partial charge in [-0.1, -0.05) is 6.07 Å². The maximum Gasteiger partial charge on any atom is 0.254 e. The molecule has 0 unspecified atom stereocenters. The summed E-state index contributed by atoms with van der Waals surface area (Å²) in [5.74, 6) is 0.114. The zero-order chi connectivity index (χ0) is 13.8. The lowest BCUT2D eigenvalue weighted by Crippen LogP contribution is -2.41. The number of benzene rings is 1. The molecule has 3 nitrogen and oxygen atoms in total. The smallest absolute Gasteiger partial charge is 0.254 e. The van der Waals surface area contributed by atoms with E-state index in [0.717, 1.165) is 48.6 Å². The molecule has 1 aliphatic heterocycles. The standard InChI is InChI=1S/C15H21NO2S/c1-3-18-12-6-8-16(9-7-12)15(17)14-10-13(19)5-4-11(14)2/h4-5,10,12,19H,3,6-9H2,1-2H3. The van der Waals surface area contributed by atoms with Crippen molar-refractivity contribution >= 4 is 18.5 Å². The fourth-order valence-corrected chi connectivity index (χ4v) is 2.68. The van der Waals surface area contributed by atoms with Crippen molar-refractivity contribution in [1.82, 2.24) is 4.90 Å². The number of thiol groups is 1. The van der Waals surface area contributed by atoms with E-state index in [1.165, 1.54) is 0 Å². The van der Waals surface area contributed by atoms with Crippen LogP contribution in [-0.2, 0) is 4.74 Å². The van der Waals surface area contributed by atoms with E-state index >= 15 is 0 Å². The van der Waals surface area contributed by atoms with E-state index in [0.29, 0.717) is 6.10 Å². The normalized spacial score (nSPS) is 16.7. The number of nitrogens with zero attached hydrogens (tertiary/aromatic N) is 1. The van der Waals surface area contributed by atoms with Gasteiger partial charge in [0.15, 0.2) is 0 Å². The fraction of sp³-hybridized carbons (Fsp3) is 0.533. The molecule has 1 aromatic carbocycles. The number of likely N-dealkylation sites (tertiary alicyclic amines) is 1. The molecule has 1 fully saturated rings. The molecular formula is C15H21NO2S. The Morgan fingerprint density at radius 2 is 2.11 bits per heavy atom. The Morgan fingerprint density at radius 1 is 1.42 bits per heavy atom. The Hall–Kier alpha value is -1.00. The van der Waals surface area contributed by atoms with E-state index < -0.39 is 0 Å². The van der Waals surface area contributed by atoms with Crippen molar-refractivity contribution in [2.45, 2.75) is 37.7 Å². The van der Waals surface area contributed by atoms with Gasteiger partial charge in [0.2, 0.25) is 0 Å². The van der Waals surface area contributed by atoms with Gasteiger partial charge in [0, 0.05) is 30.2 Å². The van der Waals surface area contributed by atoms with Crippen molar-refractivity contribution in [1.29, 1.82) is 0 Å². The predicted molar refractivity (Wildman–Crippen MR) is 79.0 cm³/mol. The van der Waals surface area contributed by atoms with Crippen molar-refractivity contribution in [3.05, 3.63) is 29.3 Å². The summed E-state index contributed by atoms with van der Waals surface area (Å²) < 4.78 is 5.61. The molecule has 0 atom stereocenters. The van der Waals surface area contributed by atoms with Crippen LogP contribution in [0, 0.1) is 6.92 Å². The first-order chi connectivity index (χ1) is 9.11. The Bertz CT molecular complexity index is 453. The highest BCUT2D eigenvalue weighted by Gasteiger charge is 2.24. The summed E-state index contributed by atoms with van der Waals surface area (Å²) in [5, 5.41) is 0. The molecule has 0 saturated carbocycles. The summed E-state index contributed by atoms with van der Waals surface area (Å²) in [7, 11) is 0. The fourth-order valence-electron chi connectivity index (χ4n) is 2.47. The van der Waals surface area contributed by atoms with Crippen molar-refractivity contribution < 1.29 is 9.53 Å². The van der Waals surface area contributed by atoms with Crippen LogP contribution in [0.5, 0.6) is 0 Å². The molecule has 19 heavy (non-hydrogen) atoms. The molecule has 0 N–H and O–H groups in total. The van der Waals surface area contributed by atoms with Crippen molar-refractivity contribution in [3.63, 3.8) is 0 Å². The lowest BCUT2D eigenvalue weighted by molar-refractivity contribution is 0.0146. The van der Waals surface area contributed by atoms with Crippen LogP contribution in [0.15, 0.2) is 23.1 Å². The van der Waals surface area contributed by atoms with Gasteiger partial charge in [0.1, 0.15) is 0 Å². The largest absolute Gasteiger partial charge is 0.378 e. The SMILES string of the molecule is CCOC1CCN(C(=O)c2cc(S)ccc2C)CC1. The molecule has 2 rings (SSSR count). The van der Waals surface area contributed by atoms with Crippen LogP contribution in [0.1, 0.15) is 35.7 Å². The number of piperidine rings is 1. The lowest BCUT2D eigenvalue weighted by Gasteiger charge is -2.32. The van der Waals surface area contributed by atoms with E-state index in [4.69, 9.17) is 4.74 Å². The Morgan fingerprint density at radius 3 is 2.74 bits per heavy atom. The summed E-state index contributed by atoms with van der Waals surface area (Å²) in [6.45, 7) is 6.28. The first-order valence-electron chi connectivity index (χ1n) is 6.82. The third kappa shape index (κ3) is 3.51. The third-order valence-electron chi connectivity index (χ3n) is 3.58. The molecular weight excluding hydrogens is 258 g/mol. The van der Waals surface area contributed by atoms with Gasteiger partial charge in [0.25, 0.3) is 5.91 Å². The van der Waals surface area contributed by atoms with Crippen molar-refractivity contribution in [3.8, 4) is 0 Å². The zero-order valence-electron chi connectivity index (χ0n) is 11.6. The Balaban J connectivity index is 2.03. The zero-order valence-corrected chi connectivity index (χ0v) is 12.5. The van der Waals surface area contributed by atoms with Crippen molar-refractivity contribution in [2.24, 2.45) is 0 Å². The summed E-state index contributed by atoms with van der Waals surface area (Å²) >= 11 is 4.31. The number of carbonyl (C=O) groups excluding carboxylic acids is 1. The second kappa shape index (κ2) is 6.44. The third-order valence-corrected chi connectivity index (χ3v) is 3.86. The van der Waals surface area contributed by atoms with Crippen LogP contribution >= 0.6 is 12.6 Å². The van der Waals surface area contributed by atoms with Crippen LogP contribution in [-0.4, -0.2) is 36.6 Å². The second-order valence-corrected chi connectivity index (χ2v) is 5.46. The molecule has 0 aromatic heterocycles. The summed E-state index contributed by atoms with van der Waals surface area (Å²) in [4.78, 5) is 15.2. The van der Waals surface area contributed by atoms with E-state index in [9.17, 15) is 4.79 Å². The van der Waals surface area contributed by atoms with E-state index in [1.54, 1.807) is 0 Å². The van der Waals surface area contributed by atoms with Gasteiger partial charge < -0.3 is 9.64 Å². The topological polar surface area (TPSA) is 29.5 Å². The number of amides is 1. The average Bonchev–Trinajstić information content (AvgIpc) is 2.42. The van der Waals surface area contributed by atoms with Gasteiger partial charge in [0.05, 0.1) is 6.10 Å². The molecule has 0 bridgehead atoms. The highest BCUT2D eigenvalue weighted by molar-refractivity contribution is 7.80. The number of carbonyl (C=O) groups is 1. The van der Waals surface area contributed by atoms with Gasteiger partial charge >= 0.3 is 0 Å². The monoisotopic (exact) mass is 279 g/mol. The summed E-state index contributed by atoms with van der Waals surface area (Å²) in [6, 6.07) is 5.72. The molecule has 1 aromatic rings. The maximum absolute atomic E-state index is 12.5. The average molecular weight is 279 g/mol. The molecule has 0 radical (unpaired) electrons. The van der Waals surface area contributed by atoms with Crippen LogP contribution in [0.3, 0.4) is 0 Å². The molecule has 1 amide bonds. The minimum atomic E-state index is 0.114. The van der Waals surface area contributed by atoms with Crippen LogP contribution in [0.4, 0.5) is 0 Å². The number of rotatable bonds is 3. The van der Waals surface area contributed by atoms with Gasteiger partial charge in [-0.2, -0.15) is 0 Å². The molecule has 0 spiro atoms. The second-order valence-electron chi connectivity index (χ2n) is 4.95. The van der Waals surface area contributed by atoms with E-state index in [1.807, 2.05) is 36.9 Å². The molecule has 104 valence electrons. The number of hydrogen-bond donors (Lipinski definition) is 1. The minimum absolute atomic E-state index is 0.114. The van der Waals surface area contributed by atoms with Crippen LogP contribution in [0.25, 0.3) is 0 Å². The first kappa shape index (κ1) is 14.4. The van der Waals surface area contributed by atoms with E-state index in [2.05, 4.69) is 12.6 Å². The number of hydrogen-bond acceptors (Lipinski definition) is 3. The number of ether oxygens (including phenoxy) is 1. The van der Waals surface area contributed by atoms with Gasteiger partial charge in [-0.25, -0.2) is 0 Å². The van der Waals surface area contributed by atoms with Gasteiger partial charge in [-0.05, 0) is 44.4 Å². The minimum Gasteiger partial charge on any atom is -0.378 e. The number of aryl methyl sites for hydroxylation is 1. The molecule has 1 aliphatic rings. The summed E-state index contributed by atoms with van der Waals surface area (Å²) in [6.07, 6.45) is 2.17. The van der Waals surface area contributed by atoms with Gasteiger partial charge in [-0.15, -0.1) is 12.6 Å². The molecule has 0 aliphatic carbocycles. The summed E-state index contributed by atoms with van der Waals surface area (Å²) in [5.41, 5.74) is 1.78. The van der Waals surface area contributed by atoms with E-state index in [-0.39, 0.29) is 5.91 Å². The van der Waals surface area contributed by atoms with Gasteiger partial charge in [-0.3, -0.25) is 4.79 Å². The molecule has 4 heteroatoms. The first-order valence-corrected chi connectivity index (χ1v) is 7.27. The maximum atomic E-state index is 12.5. The lowest BCUT2D eigenvalue weighted by atomic mass is 10.0. The highest BCUT2D eigenvalue weighted by Crippen LogP contribution is 2.20.